The van der Waals surface area contributed by atoms with Crippen molar-refractivity contribution < 1.29 is 9.47 Å². The van der Waals surface area contributed by atoms with Crippen molar-refractivity contribution in [3.8, 4) is 11.1 Å². The molecule has 5 rings (SSSR count). The van der Waals surface area contributed by atoms with Gasteiger partial charge in [0.05, 0.1) is 37.2 Å². The Morgan fingerprint density at radius 1 is 1.13 bits per heavy atom. The van der Waals surface area contributed by atoms with Gasteiger partial charge in [-0.25, -0.2) is 19.5 Å². The van der Waals surface area contributed by atoms with E-state index in [0.717, 1.165) is 41.6 Å². The molecule has 9 heteroatoms. The molecule has 0 bridgehead atoms. The van der Waals surface area contributed by atoms with Crippen LogP contribution >= 0.6 is 0 Å². The van der Waals surface area contributed by atoms with Crippen molar-refractivity contribution in [2.24, 2.45) is 0 Å². The summed E-state index contributed by atoms with van der Waals surface area (Å²) in [7, 11) is 1.68. The lowest BCUT2D eigenvalue weighted by molar-refractivity contribution is -0.0261. The maximum absolute atomic E-state index is 5.73. The summed E-state index contributed by atoms with van der Waals surface area (Å²) >= 11 is 0. The van der Waals surface area contributed by atoms with Crippen LogP contribution in [-0.4, -0.2) is 61.4 Å². The summed E-state index contributed by atoms with van der Waals surface area (Å²) < 4.78 is 14.6. The highest BCUT2D eigenvalue weighted by Crippen LogP contribution is 2.28. The van der Waals surface area contributed by atoms with Crippen LogP contribution in [0.25, 0.3) is 22.4 Å². The SMILES string of the molecule is CCc1cnc2ncc(-c3ccn4nc(N[C@H]5C[C@H](OCCOC)C5)ncc34)cn12. The van der Waals surface area contributed by atoms with Gasteiger partial charge in [0.1, 0.15) is 0 Å². The van der Waals surface area contributed by atoms with Crippen LogP contribution < -0.4 is 5.32 Å². The average molecular weight is 407 g/mol. The quantitative estimate of drug-likeness (QED) is 0.449. The summed E-state index contributed by atoms with van der Waals surface area (Å²) in [5, 5.41) is 8.02. The summed E-state index contributed by atoms with van der Waals surface area (Å²) in [5.41, 5.74) is 4.13. The number of methoxy groups -OCH3 is 1. The van der Waals surface area contributed by atoms with E-state index < -0.39 is 0 Å². The third-order valence-corrected chi connectivity index (χ3v) is 5.60. The highest BCUT2D eigenvalue weighted by molar-refractivity contribution is 5.79. The number of anilines is 1. The van der Waals surface area contributed by atoms with E-state index in [9.17, 15) is 0 Å². The molecule has 0 unspecified atom stereocenters. The lowest BCUT2D eigenvalue weighted by Gasteiger charge is -2.35. The van der Waals surface area contributed by atoms with E-state index in [2.05, 4.69) is 38.5 Å². The van der Waals surface area contributed by atoms with Crippen LogP contribution in [0, 0.1) is 0 Å². The molecule has 1 saturated carbocycles. The molecular weight excluding hydrogens is 382 g/mol. The van der Waals surface area contributed by atoms with Crippen LogP contribution in [0.3, 0.4) is 0 Å². The zero-order chi connectivity index (χ0) is 20.5. The lowest BCUT2D eigenvalue weighted by Crippen LogP contribution is -2.41. The Kier molecular flexibility index (Phi) is 5.06. The molecule has 9 nitrogen and oxygen atoms in total. The standard InChI is InChI=1S/C21H25N7O2/c1-3-16-11-24-21-23-10-14(13-27(16)21)18-4-5-28-19(18)12-22-20(26-28)25-15-8-17(9-15)30-7-6-29-2/h4-5,10-13,15,17H,3,6-9H2,1-2H3,(H,25,26)/t15-,17-. The van der Waals surface area contributed by atoms with Gasteiger partial charge in [-0.15, -0.1) is 5.10 Å². The first-order valence-electron chi connectivity index (χ1n) is 10.3. The minimum absolute atomic E-state index is 0.290. The molecule has 0 atom stereocenters. The number of imidazole rings is 1. The molecule has 0 spiro atoms. The monoisotopic (exact) mass is 407 g/mol. The van der Waals surface area contributed by atoms with E-state index in [-0.39, 0.29) is 6.10 Å². The Labute approximate surface area is 174 Å². The van der Waals surface area contributed by atoms with E-state index in [0.29, 0.717) is 31.0 Å². The van der Waals surface area contributed by atoms with Crippen molar-refractivity contribution in [3.05, 3.63) is 42.7 Å². The smallest absolute Gasteiger partial charge is 0.241 e. The van der Waals surface area contributed by atoms with Gasteiger partial charge < -0.3 is 14.8 Å². The van der Waals surface area contributed by atoms with Gasteiger partial charge >= 0.3 is 0 Å². The topological polar surface area (TPSA) is 90.9 Å². The summed E-state index contributed by atoms with van der Waals surface area (Å²) in [5.74, 6) is 1.34. The Hall–Kier alpha value is -3.04. The number of ether oxygens (including phenoxy) is 2. The molecule has 1 aliphatic carbocycles. The van der Waals surface area contributed by atoms with Gasteiger partial charge in [-0.3, -0.25) is 4.40 Å². The maximum Gasteiger partial charge on any atom is 0.241 e. The number of hydrogen-bond acceptors (Lipinski definition) is 7. The van der Waals surface area contributed by atoms with Gasteiger partial charge in [0.15, 0.2) is 0 Å². The molecule has 1 fully saturated rings. The third kappa shape index (κ3) is 3.50. The van der Waals surface area contributed by atoms with Crippen molar-refractivity contribution >= 4 is 17.2 Å². The molecule has 0 aliphatic heterocycles. The highest BCUT2D eigenvalue weighted by atomic mass is 16.5. The maximum atomic E-state index is 5.73. The second kappa shape index (κ2) is 8.00. The fourth-order valence-corrected chi connectivity index (χ4v) is 3.83. The van der Waals surface area contributed by atoms with Crippen LogP contribution in [0.1, 0.15) is 25.5 Å². The first kappa shape index (κ1) is 19.0. The van der Waals surface area contributed by atoms with Crippen LogP contribution in [0.5, 0.6) is 0 Å². The minimum atomic E-state index is 0.290. The molecule has 4 aromatic heterocycles. The van der Waals surface area contributed by atoms with Crippen molar-refractivity contribution in [1.82, 2.24) is 29.0 Å². The van der Waals surface area contributed by atoms with Crippen LogP contribution in [-0.2, 0) is 15.9 Å². The molecule has 1 aliphatic rings. The summed E-state index contributed by atoms with van der Waals surface area (Å²) in [6.45, 7) is 3.39. The lowest BCUT2D eigenvalue weighted by atomic mass is 9.89. The molecule has 4 heterocycles. The Balaban J connectivity index is 1.31. The molecule has 0 radical (unpaired) electrons. The Morgan fingerprint density at radius 3 is 2.83 bits per heavy atom. The average Bonchev–Trinajstić information content (AvgIpc) is 3.34. The molecule has 0 saturated heterocycles. The number of aromatic nitrogens is 6. The Bertz CT molecular complexity index is 1160. The number of hydrogen-bond donors (Lipinski definition) is 1. The number of nitrogens with one attached hydrogen (secondary N) is 1. The number of rotatable bonds is 8. The fraction of sp³-hybridized carbons (Fsp3) is 0.429. The van der Waals surface area contributed by atoms with Crippen LogP contribution in [0.15, 0.2) is 37.1 Å². The van der Waals surface area contributed by atoms with E-state index >= 15 is 0 Å². The fourth-order valence-electron chi connectivity index (χ4n) is 3.83. The molecule has 0 amide bonds. The molecule has 1 N–H and O–H groups in total. The van der Waals surface area contributed by atoms with Crippen molar-refractivity contribution in [3.63, 3.8) is 0 Å². The summed E-state index contributed by atoms with van der Waals surface area (Å²) in [6.07, 6.45) is 12.7. The van der Waals surface area contributed by atoms with Gasteiger partial charge in [-0.05, 0) is 25.3 Å². The molecule has 156 valence electrons. The normalized spacial score (nSPS) is 18.7. The van der Waals surface area contributed by atoms with Crippen molar-refractivity contribution in [2.45, 2.75) is 38.3 Å². The van der Waals surface area contributed by atoms with E-state index in [1.165, 1.54) is 0 Å². The zero-order valence-electron chi connectivity index (χ0n) is 17.2. The molecular formula is C21H25N7O2. The minimum Gasteiger partial charge on any atom is -0.382 e. The van der Waals surface area contributed by atoms with E-state index in [1.54, 1.807) is 7.11 Å². The van der Waals surface area contributed by atoms with Gasteiger partial charge in [-0.1, -0.05) is 6.92 Å². The number of aryl methyl sites for hydroxylation is 1. The second-order valence-electron chi connectivity index (χ2n) is 7.56. The van der Waals surface area contributed by atoms with Crippen molar-refractivity contribution in [1.29, 1.82) is 0 Å². The van der Waals surface area contributed by atoms with Gasteiger partial charge in [0.25, 0.3) is 0 Å². The van der Waals surface area contributed by atoms with E-state index in [4.69, 9.17) is 9.47 Å². The van der Waals surface area contributed by atoms with Gasteiger partial charge in [0.2, 0.25) is 11.7 Å². The highest BCUT2D eigenvalue weighted by Gasteiger charge is 2.30. The van der Waals surface area contributed by atoms with Gasteiger partial charge in [-0.2, -0.15) is 0 Å². The van der Waals surface area contributed by atoms with Gasteiger partial charge in [0, 0.05) is 48.6 Å². The molecule has 4 aromatic rings. The number of nitrogens with zero attached hydrogens (tertiary/aromatic N) is 6. The third-order valence-electron chi connectivity index (χ3n) is 5.60. The van der Waals surface area contributed by atoms with E-state index in [1.807, 2.05) is 39.8 Å². The summed E-state index contributed by atoms with van der Waals surface area (Å²) in [6, 6.07) is 2.38. The van der Waals surface area contributed by atoms with Crippen LogP contribution in [0.2, 0.25) is 0 Å². The van der Waals surface area contributed by atoms with Crippen molar-refractivity contribution in [2.75, 3.05) is 25.6 Å². The Morgan fingerprint density at radius 2 is 2.00 bits per heavy atom. The summed E-state index contributed by atoms with van der Waals surface area (Å²) in [4.78, 5) is 13.4. The van der Waals surface area contributed by atoms with Crippen LogP contribution in [0.4, 0.5) is 5.95 Å². The zero-order valence-corrected chi connectivity index (χ0v) is 17.2. The first-order chi connectivity index (χ1) is 14.7. The second-order valence-corrected chi connectivity index (χ2v) is 7.56. The molecule has 0 aromatic carbocycles. The predicted octanol–water partition coefficient (Wildman–Crippen LogP) is 2.61. The first-order valence-corrected chi connectivity index (χ1v) is 10.3. The number of fused-ring (bicyclic) bond motifs is 2. The largest absolute Gasteiger partial charge is 0.382 e. The molecule has 30 heavy (non-hydrogen) atoms. The predicted molar refractivity (Wildman–Crippen MR) is 113 cm³/mol.